The van der Waals surface area contributed by atoms with E-state index in [-0.39, 0.29) is 36.9 Å². The zero-order valence-electron chi connectivity index (χ0n) is 5.66. The van der Waals surface area contributed by atoms with Gasteiger partial charge in [0.2, 0.25) is 0 Å². The zero-order valence-corrected chi connectivity index (χ0v) is 5.66. The van der Waals surface area contributed by atoms with E-state index in [1.54, 1.807) is 0 Å². The Morgan fingerprint density at radius 1 is 0.375 bits per heavy atom. The lowest BCUT2D eigenvalue weighted by Gasteiger charge is -0.813. The number of hydrogen-bond acceptors (Lipinski definition) is 6. The second-order valence-corrected chi connectivity index (χ2v) is 0. The molecule has 6 nitrogen and oxygen atoms in total. The van der Waals surface area contributed by atoms with Crippen molar-refractivity contribution in [1.29, 1.82) is 0 Å². The van der Waals surface area contributed by atoms with Crippen LogP contribution in [0.25, 0.3) is 0 Å². The summed E-state index contributed by atoms with van der Waals surface area (Å²) in [6.07, 6.45) is 0. The molecule has 0 radical (unpaired) electrons. The van der Waals surface area contributed by atoms with Gasteiger partial charge in [-0.15, -0.1) is 13.2 Å². The first-order chi connectivity index (χ1) is 1.00. The van der Waals surface area contributed by atoms with E-state index in [0.29, 0.717) is 0 Å². The van der Waals surface area contributed by atoms with Crippen LogP contribution < -0.4 is 36.9 Å². The van der Waals surface area contributed by atoms with Crippen LogP contribution in [0.15, 0.2) is 13.2 Å². The van der Waals surface area contributed by atoms with Crippen LogP contribution in [0.3, 0.4) is 0 Å². The predicted octanol–water partition coefficient (Wildman–Crippen LogP) is 1.77. The minimum atomic E-state index is 0. The summed E-state index contributed by atoms with van der Waals surface area (Å²) in [4.78, 5) is 0. The monoisotopic (exact) mass is 130 g/mol. The van der Waals surface area contributed by atoms with Gasteiger partial charge >= 0.3 is 0 Å². The highest BCUT2D eigenvalue weighted by Crippen LogP contribution is 0.862. The van der Waals surface area contributed by atoms with Crippen LogP contribution >= 0.6 is 0 Å². The Morgan fingerprint density at radius 3 is 0.375 bits per heavy atom. The van der Waals surface area contributed by atoms with Crippen LogP contribution in [-0.4, -0.2) is 0 Å². The molecule has 6 heteroatoms. The zero-order chi connectivity index (χ0) is 2.00. The van der Waals surface area contributed by atoms with E-state index in [1.165, 1.54) is 0 Å². The fourth-order valence-electron chi connectivity index (χ4n) is 0. The van der Waals surface area contributed by atoms with Gasteiger partial charge in [-0.1, -0.05) is 0 Å². The third-order valence-electron chi connectivity index (χ3n) is 0. The van der Waals surface area contributed by atoms with Crippen molar-refractivity contribution < 1.29 is 0 Å². The van der Waals surface area contributed by atoms with Crippen molar-refractivity contribution in [2.45, 2.75) is 0 Å². The molecule has 0 amide bonds. The summed E-state index contributed by atoms with van der Waals surface area (Å²) < 4.78 is 0. The van der Waals surface area contributed by atoms with Gasteiger partial charge < -0.3 is 36.9 Å². The molecule has 0 saturated carbocycles. The number of hydrogen-bond donors (Lipinski definition) is 6. The molecule has 0 aliphatic heterocycles. The van der Waals surface area contributed by atoms with Gasteiger partial charge in [-0.25, -0.2) is 0 Å². The van der Waals surface area contributed by atoms with Gasteiger partial charge in [0.05, 0.1) is 0 Å². The summed E-state index contributed by atoms with van der Waals surface area (Å²) in [5, 5.41) is 0. The standard InChI is InChI=1S/C2H4.6H3N/c1-2;;;;;;/h1-2H2;6*1H3. The Balaban J connectivity index is -0.000000000333. The quantitative estimate of drug-likeness (QED) is 0.268. The lowest BCUT2D eigenvalue weighted by atomic mass is 11.3. The minimum Gasteiger partial charge on any atom is -0.344 e. The maximum Gasteiger partial charge on any atom is -0.106 e. The maximum atomic E-state index is 3.00. The summed E-state index contributed by atoms with van der Waals surface area (Å²) in [7, 11) is 0. The first kappa shape index (κ1) is 1270. The summed E-state index contributed by atoms with van der Waals surface area (Å²) in [6, 6.07) is 0. The Bertz CT molecular complexity index is 6.49. The Labute approximate surface area is 51.2 Å². The molecule has 0 atom stereocenters. The van der Waals surface area contributed by atoms with Gasteiger partial charge in [-0.3, -0.25) is 0 Å². The van der Waals surface area contributed by atoms with Crippen molar-refractivity contribution in [3.05, 3.63) is 13.2 Å². The van der Waals surface area contributed by atoms with Gasteiger partial charge in [0.1, 0.15) is 0 Å². The largest absolute Gasteiger partial charge is 0.344 e. The second-order valence-electron chi connectivity index (χ2n) is 0. The topological polar surface area (TPSA) is 210 Å². The number of rotatable bonds is 0. The molecule has 0 fully saturated rings. The van der Waals surface area contributed by atoms with E-state index < -0.39 is 0 Å². The highest BCUT2D eigenvalue weighted by Gasteiger charge is 0.601. The molecule has 0 rings (SSSR count). The first-order valence-electron chi connectivity index (χ1n) is 0.500. The maximum absolute atomic E-state index is 3.00. The van der Waals surface area contributed by atoms with Gasteiger partial charge in [-0.05, 0) is 0 Å². The predicted molar refractivity (Wildman–Crippen MR) is 41.4 cm³/mol. The highest BCUT2D eigenvalue weighted by molar-refractivity contribution is 4.22. The van der Waals surface area contributed by atoms with Crippen molar-refractivity contribution in [1.82, 2.24) is 36.9 Å². The average molecular weight is 130 g/mol. The van der Waals surface area contributed by atoms with Crippen LogP contribution in [0, 0.1) is 0 Å². The van der Waals surface area contributed by atoms with Crippen molar-refractivity contribution >= 4 is 0 Å². The third kappa shape index (κ3) is 446. The van der Waals surface area contributed by atoms with Crippen LogP contribution in [-0.2, 0) is 0 Å². The van der Waals surface area contributed by atoms with Crippen molar-refractivity contribution in [3.63, 3.8) is 0 Å². The van der Waals surface area contributed by atoms with Crippen LogP contribution in [0.5, 0.6) is 0 Å². The molecule has 18 N–H and O–H groups in total. The molecule has 0 aromatic heterocycles. The fraction of sp³-hybridized carbons (Fsp3) is 0. The normalized spacial score (nSPS) is 0.500. The lowest BCUT2D eigenvalue weighted by Crippen LogP contribution is -0.552. The van der Waals surface area contributed by atoms with E-state index in [1.807, 2.05) is 0 Å². The fourth-order valence-corrected chi connectivity index (χ4v) is 0. The molecule has 0 aliphatic carbocycles. The van der Waals surface area contributed by atoms with E-state index in [0.717, 1.165) is 0 Å². The van der Waals surface area contributed by atoms with Gasteiger partial charge in [0, 0.05) is 0 Å². The SMILES string of the molecule is C=C.N.N.N.N.N.N. The lowest BCUT2D eigenvalue weighted by molar-refractivity contribution is 2.13. The summed E-state index contributed by atoms with van der Waals surface area (Å²) in [5.74, 6) is 0. The van der Waals surface area contributed by atoms with E-state index in [4.69, 9.17) is 0 Å². The van der Waals surface area contributed by atoms with E-state index in [9.17, 15) is 0 Å². The molecule has 0 spiro atoms. The molecule has 0 heterocycles. The van der Waals surface area contributed by atoms with E-state index >= 15 is 0 Å². The Morgan fingerprint density at radius 2 is 0.375 bits per heavy atom. The molecule has 0 saturated heterocycles. The Hall–Kier alpha value is -0.500. The van der Waals surface area contributed by atoms with Gasteiger partial charge in [0.15, 0.2) is 0 Å². The third-order valence-corrected chi connectivity index (χ3v) is 0. The van der Waals surface area contributed by atoms with Crippen LogP contribution in [0.4, 0.5) is 0 Å². The van der Waals surface area contributed by atoms with Crippen LogP contribution in [0.2, 0.25) is 0 Å². The minimum absolute atomic E-state index is 0. The molecule has 0 aromatic carbocycles. The van der Waals surface area contributed by atoms with Gasteiger partial charge in [-0.2, -0.15) is 0 Å². The Kier molecular flexibility index (Phi) is 125000. The summed E-state index contributed by atoms with van der Waals surface area (Å²) in [5.41, 5.74) is 0. The molecule has 0 aromatic rings. The molecular formula is C2H22N6. The molecule has 8 heavy (non-hydrogen) atoms. The summed E-state index contributed by atoms with van der Waals surface area (Å²) >= 11 is 0. The molecule has 0 aliphatic rings. The molecule has 60 valence electrons. The highest BCUT2D eigenvalue weighted by atomic mass is 14.0. The second kappa shape index (κ2) is 787. The molecular weight excluding hydrogens is 108 g/mol. The van der Waals surface area contributed by atoms with Crippen molar-refractivity contribution in [3.8, 4) is 0 Å². The van der Waals surface area contributed by atoms with Gasteiger partial charge in [0.25, 0.3) is 0 Å². The molecule has 0 unspecified atom stereocenters. The first-order valence-corrected chi connectivity index (χ1v) is 0.500. The smallest absolute Gasteiger partial charge is 0.106 e. The van der Waals surface area contributed by atoms with Crippen molar-refractivity contribution in [2.24, 2.45) is 0 Å². The van der Waals surface area contributed by atoms with E-state index in [2.05, 4.69) is 13.2 Å². The van der Waals surface area contributed by atoms with Crippen molar-refractivity contribution in [2.75, 3.05) is 0 Å². The van der Waals surface area contributed by atoms with Crippen LogP contribution in [0.1, 0.15) is 0 Å². The summed E-state index contributed by atoms with van der Waals surface area (Å²) in [6.45, 7) is 6.00. The molecule has 0 bridgehead atoms. The average Bonchev–Trinajstić information content (AvgIpc) is 1.00.